The van der Waals surface area contributed by atoms with Gasteiger partial charge in [0.05, 0.1) is 11.6 Å². The molecule has 0 aliphatic carbocycles. The molecule has 161 valence electrons. The van der Waals surface area contributed by atoms with Gasteiger partial charge in [-0.1, -0.05) is 5.11 Å². The van der Waals surface area contributed by atoms with Crippen LogP contribution in [0.3, 0.4) is 0 Å². The molecule has 5 atom stereocenters. The molecule has 14 nitrogen and oxygen atoms in total. The molecule has 1 saturated heterocycles. The van der Waals surface area contributed by atoms with Crippen LogP contribution < -0.4 is 15.8 Å². The molecule has 1 aromatic heterocycles. The van der Waals surface area contributed by atoms with Gasteiger partial charge in [-0.25, -0.2) is 9.36 Å². The Morgan fingerprint density at radius 2 is 2.06 bits per heavy atom. The van der Waals surface area contributed by atoms with Gasteiger partial charge in [-0.15, -0.1) is 0 Å². The maximum Gasteiger partial charge on any atom is 0.429 e. The predicted octanol–water partition coefficient (Wildman–Crippen LogP) is 0.418. The van der Waals surface area contributed by atoms with Gasteiger partial charge < -0.3 is 19.5 Å². The molecular weight excluding hydrogens is 435 g/mol. The summed E-state index contributed by atoms with van der Waals surface area (Å²) in [6.07, 6.45) is -4.19. The average Bonchev–Trinajstić information content (AvgIpc) is 2.99. The molecule has 1 unspecified atom stereocenters. The van der Waals surface area contributed by atoms with Crippen molar-refractivity contribution in [2.45, 2.75) is 24.2 Å². The van der Waals surface area contributed by atoms with Crippen molar-refractivity contribution >= 4 is 8.25 Å². The van der Waals surface area contributed by atoms with E-state index in [1.807, 2.05) is 11.1 Å². The molecule has 0 bridgehead atoms. The Morgan fingerprint density at radius 3 is 2.68 bits per heavy atom. The zero-order valence-electron chi connectivity index (χ0n) is 15.4. The molecule has 1 aromatic carbocycles. The number of nitrogens with one attached hydrogen (secondary N) is 1. The second kappa shape index (κ2) is 9.07. The minimum atomic E-state index is -2.85. The summed E-state index contributed by atoms with van der Waals surface area (Å²) in [6, 6.07) is 8.49. The van der Waals surface area contributed by atoms with E-state index < -0.39 is 50.3 Å². The molecule has 1 aliphatic heterocycles. The number of aromatic nitrogens is 2. The van der Waals surface area contributed by atoms with Gasteiger partial charge in [0.1, 0.15) is 24.6 Å². The number of aromatic amines is 1. The summed E-state index contributed by atoms with van der Waals surface area (Å²) < 4.78 is 28.4. The lowest BCUT2D eigenvalue weighted by Gasteiger charge is -2.25. The van der Waals surface area contributed by atoms with Crippen molar-refractivity contribution in [1.82, 2.24) is 9.55 Å². The van der Waals surface area contributed by atoms with Crippen molar-refractivity contribution in [3.8, 4) is 11.8 Å². The van der Waals surface area contributed by atoms with Crippen molar-refractivity contribution in [2.24, 2.45) is 5.11 Å². The first-order chi connectivity index (χ1) is 14.8. The number of rotatable bonds is 7. The molecule has 0 spiro atoms. The Morgan fingerprint density at radius 1 is 1.35 bits per heavy atom. The molecule has 1 aliphatic rings. The van der Waals surface area contributed by atoms with E-state index in [9.17, 15) is 24.4 Å². The molecule has 15 heteroatoms. The topological polar surface area (TPSA) is 213 Å². The average molecular weight is 449 g/mol. The second-order valence-electron chi connectivity index (χ2n) is 6.22. The fourth-order valence-corrected chi connectivity index (χ4v) is 3.41. The van der Waals surface area contributed by atoms with Crippen LogP contribution in [-0.2, 0) is 13.8 Å². The molecule has 0 saturated carbocycles. The molecule has 3 rings (SSSR count). The van der Waals surface area contributed by atoms with E-state index in [-0.39, 0.29) is 5.75 Å². The lowest BCUT2D eigenvalue weighted by Crippen LogP contribution is -2.44. The van der Waals surface area contributed by atoms with Gasteiger partial charge in [-0.3, -0.25) is 18.9 Å². The standard InChI is InChI=1S/C16H14N6O8P/c17-7-9-1-3-10(4-2-9)30-31(27)28-8-16(20-21-18)13(25)12(24)14(29-16)22-6-5-11(23)19-15(22)26/h1-6,12-14,24-25H,8H2,(H,19,23,26)/t12-,13+,14-,16-/m1/s1. The van der Waals surface area contributed by atoms with Crippen LogP contribution in [0.4, 0.5) is 0 Å². The van der Waals surface area contributed by atoms with Crippen molar-refractivity contribution in [3.63, 3.8) is 0 Å². The van der Waals surface area contributed by atoms with Crippen LogP contribution in [0.25, 0.3) is 10.4 Å². The van der Waals surface area contributed by atoms with Crippen molar-refractivity contribution in [3.05, 3.63) is 73.4 Å². The maximum atomic E-state index is 12.1. The first-order valence-electron chi connectivity index (χ1n) is 8.49. The summed E-state index contributed by atoms with van der Waals surface area (Å²) in [5, 5.41) is 32.8. The van der Waals surface area contributed by atoms with Crippen LogP contribution in [0, 0.1) is 11.3 Å². The van der Waals surface area contributed by atoms with E-state index in [0.717, 1.165) is 16.8 Å². The Kier molecular flexibility index (Phi) is 6.47. The minimum absolute atomic E-state index is 0.114. The highest BCUT2D eigenvalue weighted by atomic mass is 31.1. The van der Waals surface area contributed by atoms with E-state index in [4.69, 9.17) is 24.6 Å². The summed E-state index contributed by atoms with van der Waals surface area (Å²) >= 11 is 0. The molecular formula is C16H14N6O8P. The van der Waals surface area contributed by atoms with Crippen LogP contribution >= 0.6 is 8.25 Å². The van der Waals surface area contributed by atoms with Crippen molar-refractivity contribution in [1.29, 1.82) is 5.26 Å². The van der Waals surface area contributed by atoms with Gasteiger partial charge in [0.25, 0.3) is 5.56 Å². The molecule has 2 aromatic rings. The van der Waals surface area contributed by atoms with Crippen LogP contribution in [0.15, 0.2) is 51.2 Å². The number of nitrogens with zero attached hydrogens (tertiary/aromatic N) is 5. The number of nitriles is 1. The highest BCUT2D eigenvalue weighted by molar-refractivity contribution is 7.33. The summed E-state index contributed by atoms with van der Waals surface area (Å²) in [5.74, 6) is 0.114. The number of H-pyrrole nitrogens is 1. The van der Waals surface area contributed by atoms with Crippen LogP contribution in [0.5, 0.6) is 5.75 Å². The first-order valence-corrected chi connectivity index (χ1v) is 9.59. The van der Waals surface area contributed by atoms with E-state index >= 15 is 0 Å². The van der Waals surface area contributed by atoms with Gasteiger partial charge in [-0.2, -0.15) is 5.26 Å². The van der Waals surface area contributed by atoms with Gasteiger partial charge in [-0.05, 0) is 29.8 Å². The Hall–Kier alpha value is -3.56. The highest BCUT2D eigenvalue weighted by Gasteiger charge is 2.55. The van der Waals surface area contributed by atoms with Gasteiger partial charge in [0, 0.05) is 17.2 Å². The zero-order chi connectivity index (χ0) is 22.6. The number of hydrogen-bond donors (Lipinski definition) is 3. The third-order valence-corrected chi connectivity index (χ3v) is 4.98. The van der Waals surface area contributed by atoms with Gasteiger partial charge in [0.2, 0.25) is 5.72 Å². The van der Waals surface area contributed by atoms with Crippen LogP contribution in [0.2, 0.25) is 0 Å². The monoisotopic (exact) mass is 449 g/mol. The summed E-state index contributed by atoms with van der Waals surface area (Å²) in [7, 11) is -2.85. The SMILES string of the molecule is N#Cc1ccc(O[P](=O)OC[C@@]2(N=[N+]=[N-])O[C@@H](n3ccc(=O)[nH]c3=O)[C@H](O)[C@@H]2O)cc1. The fourth-order valence-electron chi connectivity index (χ4n) is 2.77. The molecule has 31 heavy (non-hydrogen) atoms. The normalized spacial score (nSPS) is 25.3. The third-order valence-electron chi connectivity index (χ3n) is 4.28. The number of ether oxygens (including phenoxy) is 1. The van der Waals surface area contributed by atoms with E-state index in [1.54, 1.807) is 0 Å². The fraction of sp³-hybridized carbons (Fsp3) is 0.312. The largest absolute Gasteiger partial charge is 0.429 e. The summed E-state index contributed by atoms with van der Waals surface area (Å²) in [4.78, 5) is 27.7. The minimum Gasteiger partial charge on any atom is -0.398 e. The van der Waals surface area contributed by atoms with E-state index in [0.29, 0.717) is 5.56 Å². The van der Waals surface area contributed by atoms with Crippen molar-refractivity contribution in [2.75, 3.05) is 6.61 Å². The quantitative estimate of drug-likeness (QED) is 0.231. The smallest absolute Gasteiger partial charge is 0.398 e. The van der Waals surface area contributed by atoms with Crippen LogP contribution in [-0.4, -0.2) is 44.3 Å². The maximum absolute atomic E-state index is 12.1. The zero-order valence-corrected chi connectivity index (χ0v) is 16.3. The first kappa shape index (κ1) is 22.1. The Balaban J connectivity index is 1.77. The number of hydrogen-bond acceptors (Lipinski definition) is 10. The molecule has 1 fully saturated rings. The van der Waals surface area contributed by atoms with Crippen LogP contribution in [0.1, 0.15) is 11.8 Å². The third kappa shape index (κ3) is 4.62. The Bertz CT molecular complexity index is 1180. The molecule has 2 heterocycles. The number of azide groups is 1. The molecule has 1 radical (unpaired) electrons. The predicted molar refractivity (Wildman–Crippen MR) is 101 cm³/mol. The Labute approximate surface area is 173 Å². The van der Waals surface area contributed by atoms with E-state index in [1.165, 1.54) is 24.3 Å². The lowest BCUT2D eigenvalue weighted by atomic mass is 10.1. The molecule has 3 N–H and O–H groups in total. The lowest BCUT2D eigenvalue weighted by molar-refractivity contribution is -0.120. The number of benzene rings is 1. The molecule has 0 amide bonds. The van der Waals surface area contributed by atoms with Crippen molar-refractivity contribution < 1.29 is 28.6 Å². The van der Waals surface area contributed by atoms with E-state index in [2.05, 4.69) is 10.0 Å². The van der Waals surface area contributed by atoms with Gasteiger partial charge >= 0.3 is 13.9 Å². The number of aliphatic hydroxyl groups excluding tert-OH is 2. The number of aliphatic hydroxyl groups is 2. The highest BCUT2D eigenvalue weighted by Crippen LogP contribution is 2.40. The summed E-state index contributed by atoms with van der Waals surface area (Å²) in [6.45, 7) is -0.810. The summed E-state index contributed by atoms with van der Waals surface area (Å²) in [5.41, 5.74) is 5.33. The second-order valence-corrected chi connectivity index (χ2v) is 7.11. The van der Waals surface area contributed by atoms with Gasteiger partial charge in [0.15, 0.2) is 6.23 Å².